The first-order valence-corrected chi connectivity index (χ1v) is 5.91. The molecule has 0 radical (unpaired) electrons. The highest BCUT2D eigenvalue weighted by molar-refractivity contribution is 5.95. The van der Waals surface area contributed by atoms with Crippen molar-refractivity contribution in [1.82, 2.24) is 9.88 Å². The van der Waals surface area contributed by atoms with E-state index >= 15 is 0 Å². The van der Waals surface area contributed by atoms with Gasteiger partial charge in [0.05, 0.1) is 10.5 Å². The normalized spacial score (nSPS) is 10.2. The van der Waals surface area contributed by atoms with E-state index in [0.29, 0.717) is 13.1 Å². The molecule has 1 aromatic carbocycles. The van der Waals surface area contributed by atoms with Crippen LogP contribution in [0, 0.1) is 15.9 Å². The van der Waals surface area contributed by atoms with Gasteiger partial charge in [0.25, 0.3) is 11.6 Å². The molecule has 7 heteroatoms. The van der Waals surface area contributed by atoms with Crippen LogP contribution in [0.5, 0.6) is 0 Å². The van der Waals surface area contributed by atoms with Crippen molar-refractivity contribution in [3.63, 3.8) is 0 Å². The van der Waals surface area contributed by atoms with Crippen LogP contribution in [0.4, 0.5) is 10.1 Å². The van der Waals surface area contributed by atoms with Crippen molar-refractivity contribution in [1.29, 1.82) is 0 Å². The number of hydrogen-bond acceptors (Lipinski definition) is 3. The number of nitrogens with one attached hydrogen (secondary N) is 1. The van der Waals surface area contributed by atoms with Gasteiger partial charge < -0.3 is 9.88 Å². The predicted octanol–water partition coefficient (Wildman–Crippen LogP) is 1.97. The Morgan fingerprint density at radius 2 is 2.05 bits per heavy atom. The summed E-state index contributed by atoms with van der Waals surface area (Å²) in [6, 6.07) is 6.56. The number of nitro groups is 1. The number of amides is 1. The molecule has 20 heavy (non-hydrogen) atoms. The fraction of sp³-hybridized carbons (Fsp3) is 0.154. The second kappa shape index (κ2) is 5.96. The number of rotatable bonds is 5. The summed E-state index contributed by atoms with van der Waals surface area (Å²) in [6.45, 7) is 0.838. The lowest BCUT2D eigenvalue weighted by Gasteiger charge is -2.07. The zero-order valence-electron chi connectivity index (χ0n) is 10.5. The van der Waals surface area contributed by atoms with Crippen LogP contribution in [0.1, 0.15) is 10.4 Å². The SMILES string of the molecule is O=C(NCCn1cccc1)c1cc([N+](=O)[O-])ccc1F. The summed E-state index contributed by atoms with van der Waals surface area (Å²) in [5.74, 6) is -1.45. The van der Waals surface area contributed by atoms with Gasteiger partial charge in [-0.25, -0.2) is 4.39 Å². The maximum absolute atomic E-state index is 13.5. The highest BCUT2D eigenvalue weighted by Crippen LogP contribution is 2.16. The molecule has 0 aliphatic heterocycles. The van der Waals surface area contributed by atoms with Gasteiger partial charge >= 0.3 is 0 Å². The average Bonchev–Trinajstić information content (AvgIpc) is 2.92. The molecule has 0 aliphatic rings. The second-order valence-electron chi connectivity index (χ2n) is 4.10. The van der Waals surface area contributed by atoms with Crippen molar-refractivity contribution in [3.8, 4) is 0 Å². The Morgan fingerprint density at radius 1 is 1.35 bits per heavy atom. The van der Waals surface area contributed by atoms with E-state index in [2.05, 4.69) is 5.32 Å². The van der Waals surface area contributed by atoms with Gasteiger partial charge in [0.2, 0.25) is 0 Å². The molecule has 0 spiro atoms. The number of carbonyl (C=O) groups is 1. The summed E-state index contributed by atoms with van der Waals surface area (Å²) in [6.07, 6.45) is 3.67. The highest BCUT2D eigenvalue weighted by atomic mass is 19.1. The minimum absolute atomic E-state index is 0.301. The van der Waals surface area contributed by atoms with Crippen molar-refractivity contribution < 1.29 is 14.1 Å². The minimum atomic E-state index is -0.783. The third-order valence-electron chi connectivity index (χ3n) is 2.73. The molecule has 0 saturated carbocycles. The lowest BCUT2D eigenvalue weighted by molar-refractivity contribution is -0.384. The van der Waals surface area contributed by atoms with Crippen LogP contribution in [-0.4, -0.2) is 21.9 Å². The number of benzene rings is 1. The zero-order valence-corrected chi connectivity index (χ0v) is 10.5. The van der Waals surface area contributed by atoms with E-state index in [1.54, 1.807) is 0 Å². The van der Waals surface area contributed by atoms with E-state index in [1.165, 1.54) is 0 Å². The average molecular weight is 277 g/mol. The van der Waals surface area contributed by atoms with E-state index in [1.807, 2.05) is 29.1 Å². The first-order valence-electron chi connectivity index (χ1n) is 5.91. The monoisotopic (exact) mass is 277 g/mol. The smallest absolute Gasteiger partial charge is 0.270 e. The van der Waals surface area contributed by atoms with Gasteiger partial charge in [0, 0.05) is 37.6 Å². The molecule has 1 amide bonds. The first-order chi connectivity index (χ1) is 9.58. The molecule has 6 nitrogen and oxygen atoms in total. The van der Waals surface area contributed by atoms with Crippen LogP contribution >= 0.6 is 0 Å². The number of carbonyl (C=O) groups excluding carboxylic acids is 1. The summed E-state index contributed by atoms with van der Waals surface area (Å²) in [5.41, 5.74) is -0.645. The molecule has 0 atom stereocenters. The van der Waals surface area contributed by atoms with Gasteiger partial charge in [-0.05, 0) is 18.2 Å². The number of halogens is 1. The van der Waals surface area contributed by atoms with Gasteiger partial charge in [-0.1, -0.05) is 0 Å². The highest BCUT2D eigenvalue weighted by Gasteiger charge is 2.16. The van der Waals surface area contributed by atoms with Crippen molar-refractivity contribution in [2.45, 2.75) is 6.54 Å². The summed E-state index contributed by atoms with van der Waals surface area (Å²) < 4.78 is 15.3. The number of nitro benzene ring substituents is 1. The number of nitrogens with zero attached hydrogens (tertiary/aromatic N) is 2. The van der Waals surface area contributed by atoms with E-state index < -0.39 is 16.6 Å². The summed E-state index contributed by atoms with van der Waals surface area (Å²) in [4.78, 5) is 21.7. The Balaban J connectivity index is 2.01. The van der Waals surface area contributed by atoms with Crippen LogP contribution in [0.2, 0.25) is 0 Å². The van der Waals surface area contributed by atoms with Crippen molar-refractivity contribution in [2.75, 3.05) is 6.54 Å². The third kappa shape index (κ3) is 3.19. The number of aromatic nitrogens is 1. The largest absolute Gasteiger partial charge is 0.353 e. The number of hydrogen-bond donors (Lipinski definition) is 1. The minimum Gasteiger partial charge on any atom is -0.353 e. The molecule has 104 valence electrons. The molecule has 0 bridgehead atoms. The Morgan fingerprint density at radius 3 is 2.70 bits per heavy atom. The zero-order chi connectivity index (χ0) is 14.5. The molecule has 1 heterocycles. The van der Waals surface area contributed by atoms with Gasteiger partial charge in [0.15, 0.2) is 0 Å². The van der Waals surface area contributed by atoms with Gasteiger partial charge in [-0.3, -0.25) is 14.9 Å². The third-order valence-corrected chi connectivity index (χ3v) is 2.73. The lowest BCUT2D eigenvalue weighted by Crippen LogP contribution is -2.27. The predicted molar refractivity (Wildman–Crippen MR) is 69.8 cm³/mol. The molecule has 2 rings (SSSR count). The van der Waals surface area contributed by atoms with Crippen LogP contribution in [0.15, 0.2) is 42.7 Å². The molecule has 1 aromatic heterocycles. The topological polar surface area (TPSA) is 77.2 Å². The standard InChI is InChI=1S/C13H12FN3O3/c14-12-4-3-10(17(19)20)9-11(12)13(18)15-5-8-16-6-1-2-7-16/h1-4,6-7,9H,5,8H2,(H,15,18). The fourth-order valence-corrected chi connectivity index (χ4v) is 1.71. The van der Waals surface area contributed by atoms with E-state index in [0.717, 1.165) is 18.2 Å². The molecule has 2 aromatic rings. The van der Waals surface area contributed by atoms with Gasteiger partial charge in [-0.15, -0.1) is 0 Å². The van der Waals surface area contributed by atoms with Crippen LogP contribution in [0.3, 0.4) is 0 Å². The van der Waals surface area contributed by atoms with E-state index in [-0.39, 0.29) is 11.3 Å². The maximum atomic E-state index is 13.5. The molecule has 0 fully saturated rings. The molecule has 0 saturated heterocycles. The van der Waals surface area contributed by atoms with E-state index in [4.69, 9.17) is 0 Å². The van der Waals surface area contributed by atoms with Crippen LogP contribution < -0.4 is 5.32 Å². The Labute approximate surface area is 114 Å². The molecular formula is C13H12FN3O3. The van der Waals surface area contributed by atoms with Gasteiger partial charge in [0.1, 0.15) is 5.82 Å². The number of non-ortho nitro benzene ring substituents is 1. The van der Waals surface area contributed by atoms with Crippen LogP contribution in [0.25, 0.3) is 0 Å². The summed E-state index contributed by atoms with van der Waals surface area (Å²) in [7, 11) is 0. The molecule has 0 aliphatic carbocycles. The Bertz CT molecular complexity index is 626. The molecule has 0 unspecified atom stereocenters. The first kappa shape index (κ1) is 13.7. The molecular weight excluding hydrogens is 265 g/mol. The Kier molecular flexibility index (Phi) is 4.09. The Hall–Kier alpha value is -2.70. The molecule has 1 N–H and O–H groups in total. The van der Waals surface area contributed by atoms with E-state index in [9.17, 15) is 19.3 Å². The fourth-order valence-electron chi connectivity index (χ4n) is 1.71. The summed E-state index contributed by atoms with van der Waals surface area (Å²) >= 11 is 0. The van der Waals surface area contributed by atoms with Crippen molar-refractivity contribution in [2.24, 2.45) is 0 Å². The lowest BCUT2D eigenvalue weighted by atomic mass is 10.1. The quantitative estimate of drug-likeness (QED) is 0.670. The van der Waals surface area contributed by atoms with Gasteiger partial charge in [-0.2, -0.15) is 0 Å². The van der Waals surface area contributed by atoms with Crippen molar-refractivity contribution in [3.05, 3.63) is 64.2 Å². The van der Waals surface area contributed by atoms with Crippen LogP contribution in [-0.2, 0) is 6.54 Å². The second-order valence-corrected chi connectivity index (χ2v) is 4.10. The maximum Gasteiger partial charge on any atom is 0.270 e. The summed E-state index contributed by atoms with van der Waals surface area (Å²) in [5, 5.41) is 13.1. The van der Waals surface area contributed by atoms with Crippen molar-refractivity contribution >= 4 is 11.6 Å².